The van der Waals surface area contributed by atoms with Gasteiger partial charge in [0, 0.05) is 36.7 Å². The maximum absolute atomic E-state index is 14.1. The Morgan fingerprint density at radius 2 is 1.65 bits per heavy atom. The van der Waals surface area contributed by atoms with E-state index in [1.807, 2.05) is 72.8 Å². The van der Waals surface area contributed by atoms with E-state index in [1.54, 1.807) is 18.0 Å². The molecule has 2 N–H and O–H groups in total. The zero-order chi connectivity index (χ0) is 34.2. The summed E-state index contributed by atoms with van der Waals surface area (Å²) >= 11 is 0. The minimum absolute atomic E-state index is 0.154. The van der Waals surface area contributed by atoms with Crippen molar-refractivity contribution in [2.24, 2.45) is 17.8 Å². The summed E-state index contributed by atoms with van der Waals surface area (Å²) in [7, 11) is -2.06. The van der Waals surface area contributed by atoms with E-state index < -0.39 is 50.6 Å². The fourth-order valence-corrected chi connectivity index (χ4v) is 8.38. The van der Waals surface area contributed by atoms with Gasteiger partial charge < -0.3 is 15.0 Å². The van der Waals surface area contributed by atoms with Crippen LogP contribution in [0.25, 0.3) is 22.6 Å². The second-order valence-corrected chi connectivity index (χ2v) is 15.7. The number of hydrogen-bond donors (Lipinski definition) is 2. The molecular weight excluding hydrogens is 643 g/mol. The molecule has 4 aliphatic rings. The van der Waals surface area contributed by atoms with Crippen molar-refractivity contribution < 1.29 is 27.5 Å². The van der Waals surface area contributed by atoms with Crippen LogP contribution in [0.1, 0.15) is 51.4 Å². The molecule has 0 saturated heterocycles. The van der Waals surface area contributed by atoms with Crippen molar-refractivity contribution >= 4 is 27.7 Å². The van der Waals surface area contributed by atoms with Crippen molar-refractivity contribution in [1.82, 2.24) is 24.9 Å². The molecule has 2 heterocycles. The smallest absolute Gasteiger partial charge is 0.259 e. The predicted molar refractivity (Wildman–Crippen MR) is 183 cm³/mol. The Morgan fingerprint density at radius 1 is 0.959 bits per heavy atom. The summed E-state index contributed by atoms with van der Waals surface area (Å²) in [6.07, 6.45) is 7.57. The lowest BCUT2D eigenvalue weighted by atomic mass is 9.93. The summed E-state index contributed by atoms with van der Waals surface area (Å²) in [6.45, 7) is 0.560. The van der Waals surface area contributed by atoms with Gasteiger partial charge in [0.15, 0.2) is 5.82 Å². The van der Waals surface area contributed by atoms with Gasteiger partial charge in [-0.1, -0.05) is 72.8 Å². The van der Waals surface area contributed by atoms with Gasteiger partial charge in [-0.3, -0.25) is 19.1 Å². The van der Waals surface area contributed by atoms with E-state index in [0.29, 0.717) is 36.8 Å². The van der Waals surface area contributed by atoms with E-state index in [4.69, 9.17) is 14.7 Å². The molecule has 1 aliphatic heterocycles. The molecule has 3 fully saturated rings. The topological polar surface area (TPSA) is 148 Å². The SMILES string of the molecule is CN1CCCC/C=C\[C@@H]2C[C@@]2(C(=O)NS(=O)(=O)C2CC2)NC(=O)[C@@H]2C[C@@H](Oc3cc(-c4ccccc4)nc(-c4ccccc4)n3)C[C@H]2C1=O. The second kappa shape index (κ2) is 13.4. The van der Waals surface area contributed by atoms with Crippen LogP contribution in [-0.4, -0.2) is 71.5 Å². The van der Waals surface area contributed by atoms with Gasteiger partial charge in [-0.15, -0.1) is 0 Å². The Kier molecular flexibility index (Phi) is 8.99. The molecule has 3 amide bonds. The molecule has 0 radical (unpaired) electrons. The minimum Gasteiger partial charge on any atom is -0.474 e. The average molecular weight is 684 g/mol. The van der Waals surface area contributed by atoms with Crippen LogP contribution in [-0.2, 0) is 24.4 Å². The van der Waals surface area contributed by atoms with Gasteiger partial charge in [-0.25, -0.2) is 13.4 Å². The lowest BCUT2D eigenvalue weighted by Gasteiger charge is -2.26. The summed E-state index contributed by atoms with van der Waals surface area (Å²) in [5, 5.41) is 2.36. The third kappa shape index (κ3) is 7.10. The van der Waals surface area contributed by atoms with Crippen molar-refractivity contribution in [2.45, 2.75) is 68.3 Å². The number of nitrogens with zero attached hydrogens (tertiary/aromatic N) is 3. The number of nitrogens with one attached hydrogen (secondary N) is 2. The van der Waals surface area contributed by atoms with E-state index in [9.17, 15) is 22.8 Å². The summed E-state index contributed by atoms with van der Waals surface area (Å²) in [6, 6.07) is 21.1. The molecular formula is C37H41N5O6S. The molecule has 2 aromatic carbocycles. The molecule has 7 rings (SSSR count). The van der Waals surface area contributed by atoms with Crippen molar-refractivity contribution in [3.8, 4) is 28.5 Å². The number of carbonyl (C=O) groups is 3. The molecule has 3 aromatic rings. The van der Waals surface area contributed by atoms with Gasteiger partial charge in [0.05, 0.1) is 22.8 Å². The first kappa shape index (κ1) is 32.9. The quantitative estimate of drug-likeness (QED) is 0.351. The highest BCUT2D eigenvalue weighted by Crippen LogP contribution is 2.47. The number of fused-ring (bicyclic) bond motifs is 2. The molecule has 5 atom stereocenters. The number of ether oxygens (including phenoxy) is 1. The Bertz CT molecular complexity index is 1810. The van der Waals surface area contributed by atoms with Crippen molar-refractivity contribution in [3.05, 3.63) is 78.9 Å². The molecule has 0 spiro atoms. The molecule has 1 aromatic heterocycles. The highest BCUT2D eigenvalue weighted by Gasteiger charge is 2.62. The van der Waals surface area contributed by atoms with Gasteiger partial charge in [0.2, 0.25) is 27.7 Å². The van der Waals surface area contributed by atoms with E-state index in [1.165, 1.54) is 0 Å². The number of hydrogen-bond acceptors (Lipinski definition) is 8. The van der Waals surface area contributed by atoms with E-state index in [-0.39, 0.29) is 31.1 Å². The normalized spacial score (nSPS) is 28.0. The summed E-state index contributed by atoms with van der Waals surface area (Å²) in [5.74, 6) is -2.33. The van der Waals surface area contributed by atoms with Crippen LogP contribution in [0.3, 0.4) is 0 Å². The number of benzene rings is 2. The zero-order valence-electron chi connectivity index (χ0n) is 27.5. The molecule has 3 aliphatic carbocycles. The number of amides is 3. The van der Waals surface area contributed by atoms with Crippen LogP contribution in [0.5, 0.6) is 5.88 Å². The van der Waals surface area contributed by atoms with Gasteiger partial charge in [-0.2, -0.15) is 4.98 Å². The Labute approximate surface area is 286 Å². The number of allylic oxidation sites excluding steroid dienone is 1. The molecule has 49 heavy (non-hydrogen) atoms. The molecule has 11 nitrogen and oxygen atoms in total. The third-order valence-corrected chi connectivity index (χ3v) is 11.9. The highest BCUT2D eigenvalue weighted by atomic mass is 32.2. The zero-order valence-corrected chi connectivity index (χ0v) is 28.3. The summed E-state index contributed by atoms with van der Waals surface area (Å²) < 4.78 is 34.2. The number of aromatic nitrogens is 2. The second-order valence-electron chi connectivity index (χ2n) is 13.7. The molecule has 256 valence electrons. The number of rotatable bonds is 7. The first-order valence-electron chi connectivity index (χ1n) is 17.1. The third-order valence-electron chi connectivity index (χ3n) is 10.1. The van der Waals surface area contributed by atoms with Gasteiger partial charge >= 0.3 is 0 Å². The Morgan fingerprint density at radius 3 is 2.37 bits per heavy atom. The lowest BCUT2D eigenvalue weighted by Crippen LogP contribution is -2.54. The van der Waals surface area contributed by atoms with Crippen molar-refractivity contribution in [1.29, 1.82) is 0 Å². The molecule has 3 saturated carbocycles. The summed E-state index contributed by atoms with van der Waals surface area (Å²) in [4.78, 5) is 52.8. The number of carbonyl (C=O) groups excluding carboxylic acids is 3. The predicted octanol–water partition coefficient (Wildman–Crippen LogP) is 4.27. The number of sulfonamides is 1. The fourth-order valence-electron chi connectivity index (χ4n) is 7.02. The first-order chi connectivity index (χ1) is 23.6. The molecule has 0 bridgehead atoms. The van der Waals surface area contributed by atoms with Crippen LogP contribution in [0.4, 0.5) is 0 Å². The van der Waals surface area contributed by atoms with E-state index >= 15 is 0 Å². The van der Waals surface area contributed by atoms with Crippen LogP contribution in [0.15, 0.2) is 78.9 Å². The highest BCUT2D eigenvalue weighted by molar-refractivity contribution is 7.91. The van der Waals surface area contributed by atoms with Gasteiger partial charge in [0.1, 0.15) is 11.6 Å². The van der Waals surface area contributed by atoms with Crippen molar-refractivity contribution in [3.63, 3.8) is 0 Å². The fraction of sp³-hybridized carbons (Fsp3) is 0.432. The Hall–Kier alpha value is -4.58. The largest absolute Gasteiger partial charge is 0.474 e. The maximum atomic E-state index is 14.1. The lowest BCUT2D eigenvalue weighted by molar-refractivity contribution is -0.140. The monoisotopic (exact) mass is 683 g/mol. The van der Waals surface area contributed by atoms with Gasteiger partial charge in [0.25, 0.3) is 5.91 Å². The van der Waals surface area contributed by atoms with Crippen LogP contribution < -0.4 is 14.8 Å². The van der Waals surface area contributed by atoms with Crippen LogP contribution in [0.2, 0.25) is 0 Å². The van der Waals surface area contributed by atoms with Crippen LogP contribution >= 0.6 is 0 Å². The van der Waals surface area contributed by atoms with E-state index in [2.05, 4.69) is 10.0 Å². The molecule has 12 heteroatoms. The van der Waals surface area contributed by atoms with Gasteiger partial charge in [-0.05, 0) is 51.4 Å². The van der Waals surface area contributed by atoms with E-state index in [0.717, 1.165) is 30.4 Å². The standard InChI is InChI=1S/C37H41N5O6S/c1-42-19-11-3-2-10-16-26-23-37(26,36(45)41-49(46,47)28-17-18-28)40-34(43)29-20-27(21-30(29)35(42)44)48-32-22-31(24-12-6-4-7-13-24)38-33(39-32)25-14-8-5-9-15-25/h4-10,12-16,22,26-30H,2-3,11,17-21,23H2,1H3,(H,40,43)(H,41,45)/b16-10-/t26-,27-,29-,30-,37-/m1/s1. The summed E-state index contributed by atoms with van der Waals surface area (Å²) in [5.41, 5.74) is 1.00. The molecule has 0 unspecified atom stereocenters. The minimum atomic E-state index is -3.82. The Balaban J connectivity index is 1.17. The van der Waals surface area contributed by atoms with Crippen molar-refractivity contribution in [2.75, 3.05) is 13.6 Å². The first-order valence-corrected chi connectivity index (χ1v) is 18.6. The maximum Gasteiger partial charge on any atom is 0.259 e. The average Bonchev–Trinajstić information content (AvgIpc) is 4.03. The van der Waals surface area contributed by atoms with Crippen LogP contribution in [0, 0.1) is 17.8 Å².